The Balaban J connectivity index is 2.16. The fourth-order valence-corrected chi connectivity index (χ4v) is 1.95. The van der Waals surface area contributed by atoms with Crippen LogP contribution in [-0.4, -0.2) is 22.0 Å². The first-order valence-electron chi connectivity index (χ1n) is 5.72. The van der Waals surface area contributed by atoms with E-state index in [1.807, 2.05) is 6.92 Å². The number of anilines is 2. The third kappa shape index (κ3) is 1.91. The van der Waals surface area contributed by atoms with Crippen molar-refractivity contribution in [3.8, 4) is 0 Å². The normalized spacial score (nSPS) is 10.9. The summed E-state index contributed by atoms with van der Waals surface area (Å²) in [5.41, 5.74) is 1.43. The molecule has 0 aliphatic heterocycles. The molecule has 5 nitrogen and oxygen atoms in total. The Morgan fingerprint density at radius 3 is 2.89 bits per heavy atom. The molecule has 3 heterocycles. The molecule has 0 spiro atoms. The van der Waals surface area contributed by atoms with Crippen molar-refractivity contribution in [3.05, 3.63) is 42.3 Å². The highest BCUT2D eigenvalue weighted by Crippen LogP contribution is 2.30. The van der Waals surface area contributed by atoms with Gasteiger partial charge in [-0.25, -0.2) is 15.0 Å². The van der Waals surface area contributed by atoms with Crippen LogP contribution in [0.3, 0.4) is 0 Å². The van der Waals surface area contributed by atoms with Gasteiger partial charge in [0.05, 0.1) is 11.6 Å². The molecule has 0 unspecified atom stereocenters. The van der Waals surface area contributed by atoms with Crippen LogP contribution in [0.25, 0.3) is 11.1 Å². The smallest absolute Gasteiger partial charge is 0.231 e. The van der Waals surface area contributed by atoms with Crippen molar-refractivity contribution in [2.75, 3.05) is 11.9 Å². The Labute approximate surface area is 108 Å². The zero-order valence-electron chi connectivity index (χ0n) is 10.5. The molecule has 0 atom stereocenters. The van der Waals surface area contributed by atoms with Gasteiger partial charge in [-0.3, -0.25) is 0 Å². The van der Waals surface area contributed by atoms with Crippen LogP contribution in [0.4, 0.5) is 16.0 Å². The first-order valence-corrected chi connectivity index (χ1v) is 5.72. The molecule has 0 aromatic carbocycles. The minimum atomic E-state index is -0.529. The molecule has 0 saturated heterocycles. The Bertz CT molecular complexity index is 740. The summed E-state index contributed by atoms with van der Waals surface area (Å²) in [4.78, 5) is 13.8. The van der Waals surface area contributed by atoms with E-state index in [4.69, 9.17) is 4.42 Å². The summed E-state index contributed by atoms with van der Waals surface area (Å²) in [7, 11) is 1.77. The second-order valence-corrected chi connectivity index (χ2v) is 4.17. The number of halogens is 1. The van der Waals surface area contributed by atoms with Gasteiger partial charge in [0.1, 0.15) is 18.0 Å². The van der Waals surface area contributed by atoms with E-state index in [2.05, 4.69) is 15.0 Å². The van der Waals surface area contributed by atoms with Gasteiger partial charge in [-0.1, -0.05) is 6.07 Å². The SMILES string of the molecule is Cc1coc2ncnc(N(C)c3cccc([18F])n3)c12. The Kier molecular flexibility index (Phi) is 2.63. The van der Waals surface area contributed by atoms with Gasteiger partial charge in [-0.05, 0) is 19.1 Å². The van der Waals surface area contributed by atoms with Crippen LogP contribution < -0.4 is 4.90 Å². The molecule has 6 heteroatoms. The highest BCUT2D eigenvalue weighted by Gasteiger charge is 2.15. The summed E-state index contributed by atoms with van der Waals surface area (Å²) in [5.74, 6) is 0.577. The number of pyridine rings is 1. The number of rotatable bonds is 2. The third-order valence-corrected chi connectivity index (χ3v) is 2.90. The Morgan fingerprint density at radius 2 is 2.11 bits per heavy atom. The second-order valence-electron chi connectivity index (χ2n) is 4.17. The van der Waals surface area contributed by atoms with E-state index in [1.165, 1.54) is 12.4 Å². The molecule has 0 N–H and O–H groups in total. The second kappa shape index (κ2) is 4.31. The first-order chi connectivity index (χ1) is 9.16. The van der Waals surface area contributed by atoms with Crippen molar-refractivity contribution < 1.29 is 8.81 Å². The number of aryl methyl sites for hydroxylation is 1. The summed E-state index contributed by atoms with van der Waals surface area (Å²) in [6.07, 6.45) is 3.03. The van der Waals surface area contributed by atoms with E-state index in [9.17, 15) is 4.39 Å². The zero-order chi connectivity index (χ0) is 13.4. The first kappa shape index (κ1) is 11.6. The van der Waals surface area contributed by atoms with Crippen molar-refractivity contribution in [1.82, 2.24) is 15.0 Å². The molecule has 96 valence electrons. The van der Waals surface area contributed by atoms with Gasteiger partial charge in [0.2, 0.25) is 11.7 Å². The highest BCUT2D eigenvalue weighted by molar-refractivity contribution is 5.90. The monoisotopic (exact) mass is 257 g/mol. The highest BCUT2D eigenvalue weighted by atomic mass is 18.2. The number of fused-ring (bicyclic) bond motifs is 1. The van der Waals surface area contributed by atoms with Gasteiger partial charge in [0.15, 0.2) is 0 Å². The van der Waals surface area contributed by atoms with E-state index in [0.717, 1.165) is 10.9 Å². The van der Waals surface area contributed by atoms with Gasteiger partial charge in [-0.2, -0.15) is 4.39 Å². The average Bonchev–Trinajstić information content (AvgIpc) is 2.80. The van der Waals surface area contributed by atoms with Crippen molar-refractivity contribution in [3.63, 3.8) is 0 Å². The van der Waals surface area contributed by atoms with E-state index in [0.29, 0.717) is 17.3 Å². The molecule has 3 aromatic rings. The van der Waals surface area contributed by atoms with Crippen molar-refractivity contribution in [2.45, 2.75) is 6.92 Å². The van der Waals surface area contributed by atoms with E-state index < -0.39 is 5.95 Å². The lowest BCUT2D eigenvalue weighted by Gasteiger charge is -2.17. The molecule has 0 aliphatic carbocycles. The van der Waals surface area contributed by atoms with Gasteiger partial charge in [-0.15, -0.1) is 0 Å². The molecule has 0 fully saturated rings. The van der Waals surface area contributed by atoms with Crippen LogP contribution in [0.15, 0.2) is 35.2 Å². The van der Waals surface area contributed by atoms with Gasteiger partial charge >= 0.3 is 0 Å². The van der Waals surface area contributed by atoms with E-state index >= 15 is 0 Å². The Morgan fingerprint density at radius 1 is 1.26 bits per heavy atom. The van der Waals surface area contributed by atoms with Crippen molar-refractivity contribution >= 4 is 22.7 Å². The lowest BCUT2D eigenvalue weighted by Crippen LogP contribution is -2.13. The minimum Gasteiger partial charge on any atom is -0.446 e. The summed E-state index contributed by atoms with van der Waals surface area (Å²) in [5, 5.41) is 0.802. The van der Waals surface area contributed by atoms with Crippen LogP contribution in [0.2, 0.25) is 0 Å². The largest absolute Gasteiger partial charge is 0.446 e. The summed E-state index contributed by atoms with van der Waals surface area (Å²) in [6, 6.07) is 4.62. The number of aromatic nitrogens is 3. The molecule has 0 bridgehead atoms. The standard InChI is InChI=1S/C13H11FN4O/c1-8-6-19-13-11(8)12(15-7-16-13)18(2)10-5-3-4-9(14)17-10/h3-7H,1-2H3/i14-1. The summed E-state index contributed by atoms with van der Waals surface area (Å²) >= 11 is 0. The van der Waals surface area contributed by atoms with Crippen LogP contribution in [-0.2, 0) is 0 Å². The number of hydrogen-bond acceptors (Lipinski definition) is 5. The molecule has 0 saturated carbocycles. The summed E-state index contributed by atoms with van der Waals surface area (Å²) < 4.78 is 18.5. The molecule has 3 rings (SSSR count). The maximum atomic E-state index is 13.2. The minimum absolute atomic E-state index is 0.473. The lowest BCUT2D eigenvalue weighted by molar-refractivity contribution is 0.584. The maximum absolute atomic E-state index is 13.2. The predicted molar refractivity (Wildman–Crippen MR) is 68.8 cm³/mol. The van der Waals surface area contributed by atoms with Gasteiger partial charge in [0, 0.05) is 12.6 Å². The molecule has 3 aromatic heterocycles. The molecule has 0 radical (unpaired) electrons. The fourth-order valence-electron chi connectivity index (χ4n) is 1.95. The number of furan rings is 1. The van der Waals surface area contributed by atoms with Crippen molar-refractivity contribution in [1.29, 1.82) is 0 Å². The van der Waals surface area contributed by atoms with Crippen LogP contribution in [0, 0.1) is 12.9 Å². The van der Waals surface area contributed by atoms with Crippen molar-refractivity contribution in [2.24, 2.45) is 0 Å². The third-order valence-electron chi connectivity index (χ3n) is 2.90. The molecular formula is C13H11FN4O. The quantitative estimate of drug-likeness (QED) is 0.661. The van der Waals surface area contributed by atoms with Crippen LogP contribution >= 0.6 is 0 Å². The van der Waals surface area contributed by atoms with Crippen LogP contribution in [0.5, 0.6) is 0 Å². The predicted octanol–water partition coefficient (Wildman–Crippen LogP) is 2.83. The van der Waals surface area contributed by atoms with E-state index in [1.54, 1.807) is 30.3 Å². The topological polar surface area (TPSA) is 55.1 Å². The molecular weight excluding hydrogens is 246 g/mol. The number of nitrogens with zero attached hydrogens (tertiary/aromatic N) is 4. The lowest BCUT2D eigenvalue weighted by atomic mass is 10.2. The zero-order valence-corrected chi connectivity index (χ0v) is 10.5. The van der Waals surface area contributed by atoms with Gasteiger partial charge in [0.25, 0.3) is 0 Å². The summed E-state index contributed by atoms with van der Waals surface area (Å²) in [6.45, 7) is 1.91. The molecule has 19 heavy (non-hydrogen) atoms. The number of hydrogen-bond donors (Lipinski definition) is 0. The maximum Gasteiger partial charge on any atom is 0.231 e. The van der Waals surface area contributed by atoms with E-state index in [-0.39, 0.29) is 0 Å². The van der Waals surface area contributed by atoms with Gasteiger partial charge < -0.3 is 9.32 Å². The van der Waals surface area contributed by atoms with Crippen LogP contribution in [0.1, 0.15) is 5.56 Å². The fraction of sp³-hybridized carbons (Fsp3) is 0.154. The Hall–Kier alpha value is -2.50. The molecule has 0 amide bonds. The average molecular weight is 257 g/mol. The molecule has 0 aliphatic rings.